The highest BCUT2D eigenvalue weighted by Gasteiger charge is 2.44. The molecule has 8 nitrogen and oxygen atoms in total. The van der Waals surface area contributed by atoms with E-state index in [-0.39, 0.29) is 60.7 Å². The second kappa shape index (κ2) is 12.7. The third-order valence-electron chi connectivity index (χ3n) is 8.45. The van der Waals surface area contributed by atoms with Gasteiger partial charge in [-0.25, -0.2) is 21.6 Å². The predicted octanol–water partition coefficient (Wildman–Crippen LogP) is 3.71. The SMILES string of the molecule is C[C@H]1CNCC(Cc2c(F)cccc2NC(=O)[C@@H](N)C2(c3cc(F)cc(F)c3)CCOCC2)N1S(=O)(=O)c1ccccc1. The van der Waals surface area contributed by atoms with Crippen molar-refractivity contribution in [1.82, 2.24) is 9.62 Å². The predicted molar refractivity (Wildman–Crippen MR) is 156 cm³/mol. The van der Waals surface area contributed by atoms with Crippen molar-refractivity contribution in [2.24, 2.45) is 5.73 Å². The molecule has 230 valence electrons. The van der Waals surface area contributed by atoms with Crippen LogP contribution in [-0.2, 0) is 31.4 Å². The maximum Gasteiger partial charge on any atom is 0.243 e. The van der Waals surface area contributed by atoms with Crippen LogP contribution in [0.1, 0.15) is 30.9 Å². The molecule has 1 amide bonds. The molecular weight excluding hydrogens is 581 g/mol. The van der Waals surface area contributed by atoms with Gasteiger partial charge in [-0.3, -0.25) is 4.79 Å². The zero-order valence-corrected chi connectivity index (χ0v) is 24.5. The Morgan fingerprint density at radius 3 is 2.40 bits per heavy atom. The summed E-state index contributed by atoms with van der Waals surface area (Å²) >= 11 is 0. The molecule has 2 heterocycles. The van der Waals surface area contributed by atoms with Gasteiger partial charge >= 0.3 is 0 Å². The average Bonchev–Trinajstić information content (AvgIpc) is 2.98. The molecule has 3 aromatic carbocycles. The summed E-state index contributed by atoms with van der Waals surface area (Å²) in [6.45, 7) is 2.95. The number of benzene rings is 3. The van der Waals surface area contributed by atoms with E-state index < -0.39 is 56.9 Å². The smallest absolute Gasteiger partial charge is 0.243 e. The lowest BCUT2D eigenvalue weighted by Crippen LogP contribution is -2.59. The number of hydrogen-bond donors (Lipinski definition) is 3. The van der Waals surface area contributed by atoms with Crippen molar-refractivity contribution in [2.75, 3.05) is 31.6 Å². The number of sulfonamides is 1. The van der Waals surface area contributed by atoms with Crippen molar-refractivity contribution >= 4 is 21.6 Å². The summed E-state index contributed by atoms with van der Waals surface area (Å²) in [4.78, 5) is 13.8. The van der Waals surface area contributed by atoms with Gasteiger partial charge in [0.25, 0.3) is 0 Å². The minimum absolute atomic E-state index is 0.0327. The minimum atomic E-state index is -3.91. The molecule has 0 spiro atoms. The number of rotatable bonds is 8. The first-order valence-corrected chi connectivity index (χ1v) is 15.6. The average molecular weight is 617 g/mol. The quantitative estimate of drug-likeness (QED) is 0.356. The first-order chi connectivity index (χ1) is 20.5. The van der Waals surface area contributed by atoms with Crippen LogP contribution in [0.2, 0.25) is 0 Å². The lowest BCUT2D eigenvalue weighted by molar-refractivity contribution is -0.120. The Hall–Kier alpha value is -3.29. The number of carbonyl (C=O) groups excluding carboxylic acids is 1. The molecule has 0 saturated carbocycles. The second-order valence-corrected chi connectivity index (χ2v) is 13.0. The monoisotopic (exact) mass is 616 g/mol. The van der Waals surface area contributed by atoms with E-state index in [1.54, 1.807) is 25.1 Å². The highest BCUT2D eigenvalue weighted by molar-refractivity contribution is 7.89. The summed E-state index contributed by atoms with van der Waals surface area (Å²) < 4.78 is 78.1. The van der Waals surface area contributed by atoms with Crippen LogP contribution in [0.4, 0.5) is 18.9 Å². The fourth-order valence-electron chi connectivity index (χ4n) is 6.24. The van der Waals surface area contributed by atoms with Gasteiger partial charge in [0.2, 0.25) is 15.9 Å². The molecule has 3 aromatic rings. The van der Waals surface area contributed by atoms with Gasteiger partial charge in [-0.05, 0) is 68.1 Å². The van der Waals surface area contributed by atoms with Gasteiger partial charge in [0.15, 0.2) is 0 Å². The normalized spacial score (nSPS) is 21.7. The number of anilines is 1. The van der Waals surface area contributed by atoms with Gasteiger partial charge < -0.3 is 21.1 Å². The highest BCUT2D eigenvalue weighted by Crippen LogP contribution is 2.39. The number of halogens is 3. The van der Waals surface area contributed by atoms with Gasteiger partial charge in [0.05, 0.1) is 10.9 Å². The second-order valence-electron chi connectivity index (χ2n) is 11.2. The molecule has 0 aliphatic carbocycles. The molecule has 2 fully saturated rings. The summed E-state index contributed by atoms with van der Waals surface area (Å²) in [5.41, 5.74) is 5.93. The van der Waals surface area contributed by atoms with Gasteiger partial charge in [0, 0.05) is 61.1 Å². The Kier molecular flexibility index (Phi) is 9.23. The van der Waals surface area contributed by atoms with Crippen LogP contribution in [0, 0.1) is 17.5 Å². The van der Waals surface area contributed by atoms with Crippen molar-refractivity contribution in [3.8, 4) is 0 Å². The van der Waals surface area contributed by atoms with Crippen molar-refractivity contribution in [3.63, 3.8) is 0 Å². The molecule has 0 bridgehead atoms. The van der Waals surface area contributed by atoms with E-state index in [9.17, 15) is 22.0 Å². The number of carbonyl (C=O) groups is 1. The fourth-order valence-corrected chi connectivity index (χ4v) is 8.08. The molecule has 0 aromatic heterocycles. The number of nitrogens with one attached hydrogen (secondary N) is 2. The summed E-state index contributed by atoms with van der Waals surface area (Å²) in [6, 6.07) is 13.0. The van der Waals surface area contributed by atoms with Gasteiger partial charge in [-0.1, -0.05) is 24.3 Å². The largest absolute Gasteiger partial charge is 0.381 e. The van der Waals surface area contributed by atoms with Crippen molar-refractivity contribution in [1.29, 1.82) is 0 Å². The number of amides is 1. The van der Waals surface area contributed by atoms with Crippen LogP contribution in [0.5, 0.6) is 0 Å². The number of hydrogen-bond acceptors (Lipinski definition) is 6. The van der Waals surface area contributed by atoms with E-state index in [0.717, 1.165) is 6.07 Å². The maximum absolute atomic E-state index is 15.4. The first kappa shape index (κ1) is 31.1. The topological polar surface area (TPSA) is 114 Å². The number of ether oxygens (including phenoxy) is 1. The molecule has 2 aliphatic heterocycles. The Labute approximate surface area is 249 Å². The summed E-state index contributed by atoms with van der Waals surface area (Å²) in [7, 11) is -3.91. The molecule has 2 aliphatic rings. The zero-order chi connectivity index (χ0) is 30.8. The van der Waals surface area contributed by atoms with Crippen LogP contribution in [0.15, 0.2) is 71.6 Å². The van der Waals surface area contributed by atoms with Gasteiger partial charge in [0.1, 0.15) is 17.5 Å². The van der Waals surface area contributed by atoms with Crippen molar-refractivity contribution in [3.05, 3.63) is 95.3 Å². The van der Waals surface area contributed by atoms with E-state index in [0.29, 0.717) is 6.54 Å². The highest BCUT2D eigenvalue weighted by atomic mass is 32.2. The Morgan fingerprint density at radius 1 is 1.05 bits per heavy atom. The van der Waals surface area contributed by atoms with E-state index in [1.807, 2.05) is 0 Å². The molecule has 3 atom stereocenters. The van der Waals surface area contributed by atoms with Gasteiger partial charge in [-0.2, -0.15) is 4.31 Å². The van der Waals surface area contributed by atoms with Crippen LogP contribution in [-0.4, -0.2) is 63.1 Å². The zero-order valence-electron chi connectivity index (χ0n) is 23.7. The standard InChI is InChI=1S/C31H35F3N4O4S/c1-20-18-36-19-24(38(20)43(40,41)25-6-3-2-4-7-25)17-26-27(34)8-5-9-28(26)37-30(39)29(35)31(10-12-42-13-11-31)21-14-22(32)16-23(33)15-21/h2-9,14-16,20,24,29,36H,10-13,17-19,35H2,1H3,(H,37,39)/t20-,24?,29+/m0/s1. The van der Waals surface area contributed by atoms with Crippen LogP contribution < -0.4 is 16.4 Å². The Balaban J connectivity index is 1.44. The number of nitrogens with two attached hydrogens (primary N) is 1. The van der Waals surface area contributed by atoms with Crippen molar-refractivity contribution < 1.29 is 31.1 Å². The molecule has 4 N–H and O–H groups in total. The van der Waals surface area contributed by atoms with E-state index >= 15 is 4.39 Å². The van der Waals surface area contributed by atoms with Crippen LogP contribution in [0.25, 0.3) is 0 Å². The van der Waals surface area contributed by atoms with E-state index in [1.165, 1.54) is 46.8 Å². The molecule has 12 heteroatoms. The maximum atomic E-state index is 15.4. The number of piperazine rings is 1. The van der Waals surface area contributed by atoms with E-state index in [4.69, 9.17) is 10.5 Å². The first-order valence-electron chi connectivity index (χ1n) is 14.2. The Morgan fingerprint density at radius 2 is 1.72 bits per heavy atom. The lowest BCUT2D eigenvalue weighted by atomic mass is 9.68. The third-order valence-corrected chi connectivity index (χ3v) is 10.5. The molecular formula is C31H35F3N4O4S. The molecule has 2 saturated heterocycles. The third kappa shape index (κ3) is 6.34. The molecule has 5 rings (SSSR count). The molecule has 43 heavy (non-hydrogen) atoms. The molecule has 1 unspecified atom stereocenters. The van der Waals surface area contributed by atoms with Crippen molar-refractivity contribution in [2.45, 2.75) is 54.6 Å². The summed E-state index contributed by atoms with van der Waals surface area (Å²) in [5.74, 6) is -2.85. The number of nitrogens with zero attached hydrogens (tertiary/aromatic N) is 1. The minimum Gasteiger partial charge on any atom is -0.381 e. The summed E-state index contributed by atoms with van der Waals surface area (Å²) in [5, 5.41) is 5.96. The van der Waals surface area contributed by atoms with E-state index in [2.05, 4.69) is 10.6 Å². The molecule has 0 radical (unpaired) electrons. The van der Waals surface area contributed by atoms with Crippen LogP contribution in [0.3, 0.4) is 0 Å². The fraction of sp³-hybridized carbons (Fsp3) is 0.387. The van der Waals surface area contributed by atoms with Gasteiger partial charge in [-0.15, -0.1) is 0 Å². The summed E-state index contributed by atoms with van der Waals surface area (Å²) in [6.07, 6.45) is 0.464. The Bertz CT molecular complexity index is 1550. The lowest BCUT2D eigenvalue weighted by Gasteiger charge is -2.41. The van der Waals surface area contributed by atoms with Crippen LogP contribution >= 0.6 is 0 Å².